The molecule has 1 aliphatic rings. The van der Waals surface area contributed by atoms with Gasteiger partial charge >= 0.3 is 17.9 Å². The number of cyclic esters (lactones) is 2. The van der Waals surface area contributed by atoms with Gasteiger partial charge in [0.15, 0.2) is 0 Å². The molecule has 0 aromatic carbocycles. The molecule has 6 heteroatoms. The fourth-order valence-corrected chi connectivity index (χ4v) is 1.66. The fraction of sp³-hybridized carbons (Fsp3) is 0.818. The molecule has 6 nitrogen and oxygen atoms in total. The summed E-state index contributed by atoms with van der Waals surface area (Å²) in [6, 6.07) is 0. The Bertz CT molecular complexity index is 259. The monoisotopic (exact) mass is 246 g/mol. The second-order valence-electron chi connectivity index (χ2n) is 4.09. The van der Waals surface area contributed by atoms with Gasteiger partial charge in [-0.25, -0.2) is 9.59 Å². The summed E-state index contributed by atoms with van der Waals surface area (Å²) in [6.45, 7) is 0.214. The SMILES string of the molecule is O=C1OC(O)(CCCCCCCCO)OC1=O. The zero-order chi connectivity index (χ0) is 12.7. The Balaban J connectivity index is 2.07. The molecule has 0 amide bonds. The number of ether oxygens (including phenoxy) is 2. The van der Waals surface area contributed by atoms with Gasteiger partial charge in [0.1, 0.15) is 0 Å². The molecule has 0 unspecified atom stereocenters. The first kappa shape index (κ1) is 13.9. The molecule has 17 heavy (non-hydrogen) atoms. The van der Waals surface area contributed by atoms with Gasteiger partial charge in [-0.2, -0.15) is 0 Å². The molecule has 0 saturated carbocycles. The van der Waals surface area contributed by atoms with Crippen LogP contribution in [-0.2, 0) is 19.1 Å². The van der Waals surface area contributed by atoms with Crippen molar-refractivity contribution in [1.29, 1.82) is 0 Å². The minimum Gasteiger partial charge on any atom is -0.396 e. The van der Waals surface area contributed by atoms with Gasteiger partial charge < -0.3 is 19.7 Å². The van der Waals surface area contributed by atoms with E-state index in [1.54, 1.807) is 0 Å². The largest absolute Gasteiger partial charge is 0.422 e. The molecule has 0 bridgehead atoms. The van der Waals surface area contributed by atoms with Crippen LogP contribution in [0.2, 0.25) is 0 Å². The van der Waals surface area contributed by atoms with E-state index >= 15 is 0 Å². The molecule has 98 valence electrons. The number of carbonyl (C=O) groups is 2. The third kappa shape index (κ3) is 4.70. The van der Waals surface area contributed by atoms with Crippen LogP contribution in [-0.4, -0.2) is 34.7 Å². The summed E-state index contributed by atoms with van der Waals surface area (Å²) < 4.78 is 8.84. The Labute approximate surface area is 99.5 Å². The first-order valence-electron chi connectivity index (χ1n) is 5.87. The van der Waals surface area contributed by atoms with Crippen molar-refractivity contribution in [2.45, 2.75) is 50.9 Å². The highest BCUT2D eigenvalue weighted by molar-refractivity contribution is 6.31. The standard InChI is InChI=1S/C11H18O6/c12-8-6-4-2-1-3-5-7-11(15)16-9(13)10(14)17-11/h12,15H,1-8H2. The Morgan fingerprint density at radius 2 is 1.35 bits per heavy atom. The number of aliphatic hydroxyl groups is 2. The molecule has 1 saturated heterocycles. The molecule has 0 aromatic heterocycles. The maximum absolute atomic E-state index is 10.7. The molecule has 0 atom stereocenters. The van der Waals surface area contributed by atoms with Crippen LogP contribution in [0.15, 0.2) is 0 Å². The van der Waals surface area contributed by atoms with Crippen LogP contribution in [0.5, 0.6) is 0 Å². The summed E-state index contributed by atoms with van der Waals surface area (Å²) in [6.07, 6.45) is 5.32. The Morgan fingerprint density at radius 3 is 1.88 bits per heavy atom. The van der Waals surface area contributed by atoms with Crippen molar-refractivity contribution in [1.82, 2.24) is 0 Å². The number of unbranched alkanes of at least 4 members (excludes halogenated alkanes) is 5. The summed E-state index contributed by atoms with van der Waals surface area (Å²) in [5, 5.41) is 18.1. The van der Waals surface area contributed by atoms with Crippen LogP contribution in [0.25, 0.3) is 0 Å². The van der Waals surface area contributed by atoms with Gasteiger partial charge in [0.05, 0.1) is 6.42 Å². The zero-order valence-corrected chi connectivity index (χ0v) is 9.68. The van der Waals surface area contributed by atoms with Crippen molar-refractivity contribution in [3.63, 3.8) is 0 Å². The fourth-order valence-electron chi connectivity index (χ4n) is 1.66. The van der Waals surface area contributed by atoms with E-state index in [4.69, 9.17) is 5.11 Å². The first-order valence-corrected chi connectivity index (χ1v) is 5.87. The lowest BCUT2D eigenvalue weighted by Crippen LogP contribution is -2.29. The Morgan fingerprint density at radius 1 is 0.882 bits per heavy atom. The van der Waals surface area contributed by atoms with E-state index in [9.17, 15) is 14.7 Å². The topological polar surface area (TPSA) is 93.1 Å². The molecule has 1 fully saturated rings. The number of rotatable bonds is 8. The van der Waals surface area contributed by atoms with Crippen molar-refractivity contribution >= 4 is 11.9 Å². The molecule has 2 N–H and O–H groups in total. The molecular weight excluding hydrogens is 228 g/mol. The lowest BCUT2D eigenvalue weighted by atomic mass is 10.1. The van der Waals surface area contributed by atoms with E-state index in [0.29, 0.717) is 6.42 Å². The number of esters is 2. The number of aliphatic hydroxyl groups excluding tert-OH is 1. The van der Waals surface area contributed by atoms with E-state index in [0.717, 1.165) is 32.1 Å². The van der Waals surface area contributed by atoms with Crippen LogP contribution in [0, 0.1) is 0 Å². The molecule has 0 spiro atoms. The highest BCUT2D eigenvalue weighted by Gasteiger charge is 2.46. The van der Waals surface area contributed by atoms with Crippen molar-refractivity contribution in [3.05, 3.63) is 0 Å². The third-order valence-electron chi connectivity index (χ3n) is 2.57. The maximum atomic E-state index is 10.7. The molecular formula is C11H18O6. The van der Waals surface area contributed by atoms with E-state index < -0.39 is 17.9 Å². The Hall–Kier alpha value is -1.14. The Kier molecular flexibility index (Phi) is 5.37. The highest BCUT2D eigenvalue weighted by atomic mass is 16.9. The van der Waals surface area contributed by atoms with Crippen molar-refractivity contribution in [2.75, 3.05) is 6.61 Å². The van der Waals surface area contributed by atoms with E-state index in [1.165, 1.54) is 0 Å². The normalized spacial score (nSPS) is 18.0. The van der Waals surface area contributed by atoms with Gasteiger partial charge in [0, 0.05) is 6.61 Å². The third-order valence-corrected chi connectivity index (χ3v) is 2.57. The van der Waals surface area contributed by atoms with Gasteiger partial charge in [-0.1, -0.05) is 25.7 Å². The molecule has 1 aliphatic heterocycles. The minimum absolute atomic E-state index is 0.102. The number of hydrogen-bond donors (Lipinski definition) is 2. The van der Waals surface area contributed by atoms with Crippen molar-refractivity contribution in [2.24, 2.45) is 0 Å². The zero-order valence-electron chi connectivity index (χ0n) is 9.68. The summed E-state index contributed by atoms with van der Waals surface area (Å²) in [5.74, 6) is -4.34. The molecule has 0 radical (unpaired) electrons. The summed E-state index contributed by atoms with van der Waals surface area (Å²) in [5.41, 5.74) is 0. The van der Waals surface area contributed by atoms with Crippen molar-refractivity contribution < 1.29 is 29.3 Å². The summed E-state index contributed by atoms with van der Waals surface area (Å²) in [7, 11) is 0. The predicted molar refractivity (Wildman–Crippen MR) is 56.5 cm³/mol. The average Bonchev–Trinajstić information content (AvgIpc) is 2.52. The van der Waals surface area contributed by atoms with Gasteiger partial charge in [-0.3, -0.25) is 0 Å². The lowest BCUT2D eigenvalue weighted by molar-refractivity contribution is -0.295. The van der Waals surface area contributed by atoms with Crippen LogP contribution in [0.1, 0.15) is 44.9 Å². The summed E-state index contributed by atoms with van der Waals surface area (Å²) >= 11 is 0. The smallest absolute Gasteiger partial charge is 0.396 e. The number of carbonyl (C=O) groups excluding carboxylic acids is 2. The van der Waals surface area contributed by atoms with E-state index in [1.807, 2.05) is 0 Å². The molecule has 1 heterocycles. The predicted octanol–water partition coefficient (Wildman–Crippen LogP) is 0.455. The van der Waals surface area contributed by atoms with Gasteiger partial charge in [0.2, 0.25) is 0 Å². The molecule has 0 aliphatic carbocycles. The van der Waals surface area contributed by atoms with Crippen LogP contribution in [0.4, 0.5) is 0 Å². The summed E-state index contributed by atoms with van der Waals surface area (Å²) in [4.78, 5) is 21.4. The number of hydrogen-bond acceptors (Lipinski definition) is 6. The highest BCUT2D eigenvalue weighted by Crippen LogP contribution is 2.24. The molecule has 1 rings (SSSR count). The first-order chi connectivity index (χ1) is 8.07. The minimum atomic E-state index is -2.06. The second-order valence-corrected chi connectivity index (χ2v) is 4.09. The second kappa shape index (κ2) is 6.56. The van der Waals surface area contributed by atoms with Crippen LogP contribution in [0.3, 0.4) is 0 Å². The van der Waals surface area contributed by atoms with Gasteiger partial charge in [-0.05, 0) is 12.8 Å². The average molecular weight is 246 g/mol. The van der Waals surface area contributed by atoms with Crippen molar-refractivity contribution in [3.8, 4) is 0 Å². The maximum Gasteiger partial charge on any atom is 0.422 e. The van der Waals surface area contributed by atoms with Crippen LogP contribution >= 0.6 is 0 Å². The quantitative estimate of drug-likeness (QED) is 0.367. The van der Waals surface area contributed by atoms with Crippen LogP contribution < -0.4 is 0 Å². The molecule has 0 aromatic rings. The van der Waals surface area contributed by atoms with E-state index in [-0.39, 0.29) is 13.0 Å². The van der Waals surface area contributed by atoms with E-state index in [2.05, 4.69) is 9.47 Å². The van der Waals surface area contributed by atoms with Gasteiger partial charge in [0.25, 0.3) is 0 Å². The lowest BCUT2D eigenvalue weighted by Gasteiger charge is -2.17. The van der Waals surface area contributed by atoms with Gasteiger partial charge in [-0.15, -0.1) is 0 Å².